The number of hydrogen-bond acceptors (Lipinski definition) is 8. The number of nitrogen functional groups attached to an aromatic ring is 1. The van der Waals surface area contributed by atoms with Gasteiger partial charge in [0.2, 0.25) is 0 Å². The molecule has 0 spiro atoms. The van der Waals surface area contributed by atoms with E-state index in [0.29, 0.717) is 28.4 Å². The number of carbonyl (C=O) groups excluding carboxylic acids is 1. The van der Waals surface area contributed by atoms with Gasteiger partial charge in [-0.1, -0.05) is 18.2 Å². The van der Waals surface area contributed by atoms with Crippen LogP contribution in [0.25, 0.3) is 28.0 Å². The van der Waals surface area contributed by atoms with E-state index in [2.05, 4.69) is 20.2 Å². The fourth-order valence-corrected chi connectivity index (χ4v) is 5.12. The van der Waals surface area contributed by atoms with Crippen LogP contribution in [-0.2, 0) is 17.5 Å². The van der Waals surface area contributed by atoms with Crippen LogP contribution in [0.2, 0.25) is 0 Å². The summed E-state index contributed by atoms with van der Waals surface area (Å²) in [6.07, 6.45) is -3.39. The van der Waals surface area contributed by atoms with Crippen molar-refractivity contribution in [2.45, 2.75) is 12.7 Å². The maximum absolute atomic E-state index is 14.4. The van der Waals surface area contributed by atoms with E-state index in [1.807, 2.05) is 24.3 Å². The fourth-order valence-electron chi connectivity index (χ4n) is 5.12. The van der Waals surface area contributed by atoms with Crippen molar-refractivity contribution in [3.63, 3.8) is 0 Å². The molecule has 1 aliphatic rings. The van der Waals surface area contributed by atoms with Gasteiger partial charge in [0.15, 0.2) is 5.65 Å². The van der Waals surface area contributed by atoms with Crippen molar-refractivity contribution >= 4 is 28.4 Å². The van der Waals surface area contributed by atoms with E-state index in [9.17, 15) is 22.4 Å². The lowest BCUT2D eigenvalue weighted by Crippen LogP contribution is -2.35. The van der Waals surface area contributed by atoms with Gasteiger partial charge in [0.1, 0.15) is 29.4 Å². The summed E-state index contributed by atoms with van der Waals surface area (Å²) >= 11 is 0. The van der Waals surface area contributed by atoms with Crippen LogP contribution in [0, 0.1) is 5.82 Å². The number of hydrogen-bond donors (Lipinski definition) is 2. The maximum Gasteiger partial charge on any atom is 0.416 e. The summed E-state index contributed by atoms with van der Waals surface area (Å²) in [6, 6.07) is 14.4. The first-order valence-corrected chi connectivity index (χ1v) is 13.9. The predicted molar refractivity (Wildman–Crippen MR) is 159 cm³/mol. The number of methoxy groups -OCH3 is 1. The number of carbonyl (C=O) groups is 1. The summed E-state index contributed by atoms with van der Waals surface area (Å²) in [5.74, 6) is -1.85. The molecule has 0 unspecified atom stereocenters. The van der Waals surface area contributed by atoms with Crippen LogP contribution < -0.4 is 15.8 Å². The van der Waals surface area contributed by atoms with Crippen molar-refractivity contribution in [1.82, 2.24) is 24.6 Å². The first-order valence-electron chi connectivity index (χ1n) is 13.9. The quantitative estimate of drug-likeness (QED) is 0.235. The van der Waals surface area contributed by atoms with E-state index in [0.717, 1.165) is 50.2 Å². The second kappa shape index (κ2) is 12.1. The third kappa shape index (κ3) is 6.14. The molecule has 1 amide bonds. The second-order valence-electron chi connectivity index (χ2n) is 10.3. The summed E-state index contributed by atoms with van der Waals surface area (Å²) in [4.78, 5) is 23.7. The van der Waals surface area contributed by atoms with Crippen LogP contribution in [0.5, 0.6) is 5.75 Å². The van der Waals surface area contributed by atoms with Gasteiger partial charge in [0, 0.05) is 25.2 Å². The molecule has 1 fully saturated rings. The largest absolute Gasteiger partial charge is 0.495 e. The maximum atomic E-state index is 14.4. The number of benzene rings is 3. The Morgan fingerprint density at radius 1 is 1.04 bits per heavy atom. The van der Waals surface area contributed by atoms with E-state index in [-0.39, 0.29) is 23.3 Å². The number of nitrogens with zero attached hydrogens (tertiary/aromatic N) is 5. The Kier molecular flexibility index (Phi) is 8.08. The zero-order valence-electron chi connectivity index (χ0n) is 23.9. The van der Waals surface area contributed by atoms with Gasteiger partial charge in [-0.3, -0.25) is 9.69 Å². The van der Waals surface area contributed by atoms with Gasteiger partial charge in [0.05, 0.1) is 48.2 Å². The number of anilines is 2. The topological polar surface area (TPSA) is 120 Å². The highest BCUT2D eigenvalue weighted by Crippen LogP contribution is 2.36. The minimum absolute atomic E-state index is 0.161. The predicted octanol–water partition coefficient (Wildman–Crippen LogP) is 5.32. The Balaban J connectivity index is 1.30. The first kappa shape index (κ1) is 30.0. The molecule has 3 N–H and O–H groups in total. The first-order chi connectivity index (χ1) is 21.6. The standard InChI is InChI=1S/C31H27F4N7O3/c1-44-25-14-19(4-9-24(25)39-30(43)22-8-5-20(15-23(22)32)31(33,34)35)27-26-28(36)37-17-38-29(26)42(40-27)21-6-2-18(3-7-21)16-41-10-12-45-13-11-41/h2-9,14-15,17H,10-13,16H2,1H3,(H,39,43)(H2,36,37,38). The molecule has 0 atom stereocenters. The van der Waals surface area contributed by atoms with Crippen molar-refractivity contribution in [3.05, 3.63) is 89.5 Å². The van der Waals surface area contributed by atoms with Gasteiger partial charge in [-0.05, 0) is 48.0 Å². The Bertz CT molecular complexity index is 1870. The SMILES string of the molecule is COc1cc(-c2nn(-c3ccc(CN4CCOCC4)cc3)c3ncnc(N)c23)ccc1NC(=O)c1ccc(C(F)(F)F)cc1F. The van der Waals surface area contributed by atoms with Crippen molar-refractivity contribution in [1.29, 1.82) is 0 Å². The lowest BCUT2D eigenvalue weighted by Gasteiger charge is -2.26. The summed E-state index contributed by atoms with van der Waals surface area (Å²) in [6.45, 7) is 4.00. The Morgan fingerprint density at radius 3 is 2.49 bits per heavy atom. The number of rotatable bonds is 7. The molecular formula is C31H27F4N7O3. The molecule has 14 heteroatoms. The van der Waals surface area contributed by atoms with Crippen LogP contribution >= 0.6 is 0 Å². The lowest BCUT2D eigenvalue weighted by atomic mass is 10.1. The van der Waals surface area contributed by atoms with Gasteiger partial charge in [0.25, 0.3) is 5.91 Å². The molecule has 45 heavy (non-hydrogen) atoms. The smallest absolute Gasteiger partial charge is 0.416 e. The summed E-state index contributed by atoms with van der Waals surface area (Å²) in [5, 5.41) is 7.81. The van der Waals surface area contributed by atoms with Crippen LogP contribution in [0.4, 0.5) is 29.1 Å². The van der Waals surface area contributed by atoms with Gasteiger partial charge in [-0.25, -0.2) is 19.0 Å². The molecule has 0 saturated carbocycles. The van der Waals surface area contributed by atoms with Crippen LogP contribution in [0.15, 0.2) is 67.0 Å². The van der Waals surface area contributed by atoms with Gasteiger partial charge < -0.3 is 20.5 Å². The highest BCUT2D eigenvalue weighted by Gasteiger charge is 2.32. The summed E-state index contributed by atoms with van der Waals surface area (Å²) in [5.41, 5.74) is 8.07. The van der Waals surface area contributed by atoms with Crippen LogP contribution in [0.1, 0.15) is 21.5 Å². The molecule has 0 radical (unpaired) electrons. The molecule has 3 heterocycles. The Morgan fingerprint density at radius 2 is 1.80 bits per heavy atom. The van der Waals surface area contributed by atoms with Gasteiger partial charge >= 0.3 is 6.18 Å². The van der Waals surface area contributed by atoms with E-state index < -0.39 is 29.0 Å². The number of morpholine rings is 1. The van der Waals surface area contributed by atoms with E-state index >= 15 is 0 Å². The van der Waals surface area contributed by atoms with E-state index in [1.54, 1.807) is 16.8 Å². The number of ether oxygens (including phenoxy) is 2. The van der Waals surface area contributed by atoms with Gasteiger partial charge in [-0.15, -0.1) is 0 Å². The van der Waals surface area contributed by atoms with Crippen molar-refractivity contribution < 1.29 is 31.8 Å². The molecule has 0 aliphatic carbocycles. The van der Waals surface area contributed by atoms with E-state index in [4.69, 9.17) is 20.3 Å². The highest BCUT2D eigenvalue weighted by molar-refractivity contribution is 6.06. The molecule has 5 aromatic rings. The minimum atomic E-state index is -4.74. The minimum Gasteiger partial charge on any atom is -0.495 e. The highest BCUT2D eigenvalue weighted by atomic mass is 19.4. The molecule has 2 aromatic heterocycles. The molecule has 1 saturated heterocycles. The second-order valence-corrected chi connectivity index (χ2v) is 10.3. The van der Waals surface area contributed by atoms with E-state index in [1.165, 1.54) is 19.5 Å². The number of alkyl halides is 3. The molecule has 10 nitrogen and oxygen atoms in total. The number of nitrogens with one attached hydrogen (secondary N) is 1. The third-order valence-corrected chi connectivity index (χ3v) is 7.45. The summed E-state index contributed by atoms with van der Waals surface area (Å²) in [7, 11) is 1.38. The number of aromatic nitrogens is 4. The average molecular weight is 622 g/mol. The Labute approximate surface area is 254 Å². The normalized spacial score (nSPS) is 14.1. The average Bonchev–Trinajstić information content (AvgIpc) is 3.42. The van der Waals surface area contributed by atoms with Crippen LogP contribution in [0.3, 0.4) is 0 Å². The fraction of sp³-hybridized carbons (Fsp3) is 0.226. The van der Waals surface area contributed by atoms with Gasteiger partial charge in [-0.2, -0.15) is 18.3 Å². The molecular weight excluding hydrogens is 594 g/mol. The Hall–Kier alpha value is -5.08. The number of halogens is 4. The zero-order chi connectivity index (χ0) is 31.7. The number of amides is 1. The van der Waals surface area contributed by atoms with Crippen molar-refractivity contribution in [3.8, 4) is 22.7 Å². The van der Waals surface area contributed by atoms with Crippen molar-refractivity contribution in [2.24, 2.45) is 0 Å². The molecule has 232 valence electrons. The summed E-state index contributed by atoms with van der Waals surface area (Å²) < 4.78 is 65.8. The number of nitrogens with two attached hydrogens (primary N) is 1. The molecule has 0 bridgehead atoms. The molecule has 6 rings (SSSR count). The van der Waals surface area contributed by atoms with Crippen molar-refractivity contribution in [2.75, 3.05) is 44.5 Å². The molecule has 3 aromatic carbocycles. The number of fused-ring (bicyclic) bond motifs is 1. The zero-order valence-corrected chi connectivity index (χ0v) is 23.9. The monoisotopic (exact) mass is 621 g/mol. The lowest BCUT2D eigenvalue weighted by molar-refractivity contribution is -0.137. The van der Waals surface area contributed by atoms with Crippen LogP contribution in [-0.4, -0.2) is 64.0 Å². The molecule has 1 aliphatic heterocycles. The third-order valence-electron chi connectivity index (χ3n) is 7.45.